The first-order chi connectivity index (χ1) is 7.79. The predicted molar refractivity (Wildman–Crippen MR) is 70.1 cm³/mol. The standard InChI is InChI=1S/C14H15ClFN/c1-8-5-9-10(15)7-12(14(2,3)4)17-13(9)11(16)6-8/h5-7H,1-4H3. The van der Waals surface area contributed by atoms with Gasteiger partial charge < -0.3 is 0 Å². The van der Waals surface area contributed by atoms with E-state index in [2.05, 4.69) is 4.98 Å². The van der Waals surface area contributed by atoms with Crippen LogP contribution >= 0.6 is 11.6 Å². The summed E-state index contributed by atoms with van der Waals surface area (Å²) in [6, 6.07) is 5.17. The van der Waals surface area contributed by atoms with E-state index in [1.807, 2.05) is 39.8 Å². The molecule has 0 fully saturated rings. The number of pyridine rings is 1. The van der Waals surface area contributed by atoms with Gasteiger partial charge in [0.1, 0.15) is 11.3 Å². The first kappa shape index (κ1) is 12.3. The summed E-state index contributed by atoms with van der Waals surface area (Å²) in [5.41, 5.74) is 1.86. The fraction of sp³-hybridized carbons (Fsp3) is 0.357. The molecular formula is C14H15ClFN. The van der Waals surface area contributed by atoms with Crippen molar-refractivity contribution in [3.8, 4) is 0 Å². The van der Waals surface area contributed by atoms with Gasteiger partial charge in [0.15, 0.2) is 0 Å². The molecule has 17 heavy (non-hydrogen) atoms. The van der Waals surface area contributed by atoms with Crippen molar-refractivity contribution >= 4 is 22.5 Å². The van der Waals surface area contributed by atoms with E-state index in [1.54, 1.807) is 0 Å². The van der Waals surface area contributed by atoms with E-state index in [1.165, 1.54) is 6.07 Å². The monoisotopic (exact) mass is 251 g/mol. The molecule has 1 heterocycles. The van der Waals surface area contributed by atoms with Crippen LogP contribution in [0.2, 0.25) is 5.02 Å². The molecule has 0 unspecified atom stereocenters. The highest BCUT2D eigenvalue weighted by Crippen LogP contribution is 2.30. The average molecular weight is 252 g/mol. The molecule has 0 amide bonds. The highest BCUT2D eigenvalue weighted by atomic mass is 35.5. The van der Waals surface area contributed by atoms with Gasteiger partial charge in [-0.3, -0.25) is 0 Å². The first-order valence-corrected chi connectivity index (χ1v) is 5.94. The summed E-state index contributed by atoms with van der Waals surface area (Å²) in [6.07, 6.45) is 0. The number of aryl methyl sites for hydroxylation is 1. The molecule has 2 aromatic rings. The Kier molecular flexibility index (Phi) is 2.86. The molecule has 0 bridgehead atoms. The third-order valence-corrected chi connectivity index (χ3v) is 3.04. The van der Waals surface area contributed by atoms with Crippen LogP contribution in [-0.4, -0.2) is 4.98 Å². The number of nitrogens with zero attached hydrogens (tertiary/aromatic N) is 1. The van der Waals surface area contributed by atoms with Crippen LogP contribution in [0.15, 0.2) is 18.2 Å². The fourth-order valence-corrected chi connectivity index (χ4v) is 2.01. The van der Waals surface area contributed by atoms with Crippen LogP contribution in [-0.2, 0) is 5.41 Å². The second-order valence-corrected chi connectivity index (χ2v) is 5.79. The first-order valence-electron chi connectivity index (χ1n) is 5.56. The van der Waals surface area contributed by atoms with Crippen molar-refractivity contribution in [1.29, 1.82) is 0 Å². The van der Waals surface area contributed by atoms with Gasteiger partial charge in [0.2, 0.25) is 0 Å². The van der Waals surface area contributed by atoms with Crippen LogP contribution in [0.1, 0.15) is 32.0 Å². The second kappa shape index (κ2) is 3.95. The van der Waals surface area contributed by atoms with Crippen molar-refractivity contribution in [1.82, 2.24) is 4.98 Å². The molecule has 0 spiro atoms. The Balaban J connectivity index is 2.83. The summed E-state index contributed by atoms with van der Waals surface area (Å²) >= 11 is 6.21. The van der Waals surface area contributed by atoms with Gasteiger partial charge in [-0.05, 0) is 30.7 Å². The lowest BCUT2D eigenvalue weighted by Crippen LogP contribution is -2.13. The van der Waals surface area contributed by atoms with E-state index in [0.717, 1.165) is 11.3 Å². The number of aromatic nitrogens is 1. The average Bonchev–Trinajstić information content (AvgIpc) is 2.17. The number of hydrogen-bond donors (Lipinski definition) is 0. The summed E-state index contributed by atoms with van der Waals surface area (Å²) in [5.74, 6) is -0.312. The fourth-order valence-electron chi connectivity index (χ4n) is 1.77. The molecule has 0 saturated carbocycles. The largest absolute Gasteiger partial charge is 0.249 e. The number of benzene rings is 1. The number of rotatable bonds is 0. The Morgan fingerprint density at radius 2 is 1.82 bits per heavy atom. The van der Waals surface area contributed by atoms with E-state index in [-0.39, 0.29) is 11.2 Å². The number of halogens is 2. The number of hydrogen-bond acceptors (Lipinski definition) is 1. The topological polar surface area (TPSA) is 12.9 Å². The van der Waals surface area contributed by atoms with Crippen LogP contribution in [0.5, 0.6) is 0 Å². The third-order valence-electron chi connectivity index (χ3n) is 2.73. The summed E-state index contributed by atoms with van der Waals surface area (Å²) in [7, 11) is 0. The van der Waals surface area contributed by atoms with Crippen LogP contribution in [0.25, 0.3) is 10.9 Å². The normalized spacial score (nSPS) is 12.1. The number of fused-ring (bicyclic) bond motifs is 1. The molecule has 1 nitrogen and oxygen atoms in total. The molecule has 1 aromatic carbocycles. The minimum Gasteiger partial charge on any atom is -0.249 e. The smallest absolute Gasteiger partial charge is 0.149 e. The van der Waals surface area contributed by atoms with Gasteiger partial charge in [-0.1, -0.05) is 32.4 Å². The van der Waals surface area contributed by atoms with Gasteiger partial charge in [-0.2, -0.15) is 0 Å². The van der Waals surface area contributed by atoms with Gasteiger partial charge in [0, 0.05) is 16.5 Å². The van der Waals surface area contributed by atoms with Gasteiger partial charge in [-0.15, -0.1) is 0 Å². The maximum atomic E-state index is 13.9. The molecule has 0 N–H and O–H groups in total. The Morgan fingerprint density at radius 1 is 1.18 bits per heavy atom. The predicted octanol–water partition coefficient (Wildman–Crippen LogP) is 4.63. The molecule has 0 aliphatic heterocycles. The lowest BCUT2D eigenvalue weighted by Gasteiger charge is -2.19. The second-order valence-electron chi connectivity index (χ2n) is 5.38. The van der Waals surface area contributed by atoms with Crippen molar-refractivity contribution in [2.75, 3.05) is 0 Å². The highest BCUT2D eigenvalue weighted by Gasteiger charge is 2.18. The zero-order chi connectivity index (χ0) is 12.8. The zero-order valence-electron chi connectivity index (χ0n) is 10.4. The molecule has 3 heteroatoms. The zero-order valence-corrected chi connectivity index (χ0v) is 11.2. The van der Waals surface area contributed by atoms with Gasteiger partial charge in [0.25, 0.3) is 0 Å². The van der Waals surface area contributed by atoms with E-state index < -0.39 is 0 Å². The Bertz CT molecular complexity index is 585. The van der Waals surface area contributed by atoms with Crippen molar-refractivity contribution < 1.29 is 4.39 Å². The maximum absolute atomic E-state index is 13.9. The third kappa shape index (κ3) is 2.27. The van der Waals surface area contributed by atoms with Crippen molar-refractivity contribution in [3.63, 3.8) is 0 Å². The molecule has 0 aliphatic carbocycles. The molecular weight excluding hydrogens is 237 g/mol. The van der Waals surface area contributed by atoms with E-state index in [4.69, 9.17) is 11.6 Å². The Hall–Kier alpha value is -1.15. The van der Waals surface area contributed by atoms with Crippen LogP contribution in [0, 0.1) is 12.7 Å². The Morgan fingerprint density at radius 3 is 2.41 bits per heavy atom. The summed E-state index contributed by atoms with van der Waals surface area (Å²) in [6.45, 7) is 7.94. The maximum Gasteiger partial charge on any atom is 0.149 e. The molecule has 0 radical (unpaired) electrons. The summed E-state index contributed by atoms with van der Waals surface area (Å²) in [4.78, 5) is 4.39. The van der Waals surface area contributed by atoms with Crippen LogP contribution in [0.4, 0.5) is 4.39 Å². The van der Waals surface area contributed by atoms with Gasteiger partial charge >= 0.3 is 0 Å². The lowest BCUT2D eigenvalue weighted by atomic mass is 9.91. The van der Waals surface area contributed by atoms with Gasteiger partial charge in [-0.25, -0.2) is 9.37 Å². The Labute approximate surface area is 106 Å². The SMILES string of the molecule is Cc1cc(F)c2nc(C(C)(C)C)cc(Cl)c2c1. The molecule has 2 rings (SSSR count). The van der Waals surface area contributed by atoms with E-state index in [9.17, 15) is 4.39 Å². The van der Waals surface area contributed by atoms with Crippen LogP contribution in [0.3, 0.4) is 0 Å². The molecule has 0 atom stereocenters. The van der Waals surface area contributed by atoms with Crippen molar-refractivity contribution in [3.05, 3.63) is 40.3 Å². The highest BCUT2D eigenvalue weighted by molar-refractivity contribution is 6.35. The summed E-state index contributed by atoms with van der Waals surface area (Å²) < 4.78 is 13.9. The molecule has 1 aromatic heterocycles. The molecule has 90 valence electrons. The minimum absolute atomic E-state index is 0.144. The minimum atomic E-state index is -0.312. The lowest BCUT2D eigenvalue weighted by molar-refractivity contribution is 0.569. The molecule has 0 saturated heterocycles. The van der Waals surface area contributed by atoms with E-state index >= 15 is 0 Å². The van der Waals surface area contributed by atoms with Gasteiger partial charge in [0.05, 0.1) is 5.02 Å². The van der Waals surface area contributed by atoms with Crippen molar-refractivity contribution in [2.24, 2.45) is 0 Å². The van der Waals surface area contributed by atoms with Crippen molar-refractivity contribution in [2.45, 2.75) is 33.1 Å². The van der Waals surface area contributed by atoms with E-state index in [0.29, 0.717) is 15.9 Å². The van der Waals surface area contributed by atoms with Crippen LogP contribution < -0.4 is 0 Å². The molecule has 0 aliphatic rings. The quantitative estimate of drug-likeness (QED) is 0.665. The summed E-state index contributed by atoms with van der Waals surface area (Å²) in [5, 5.41) is 1.24.